The van der Waals surface area contributed by atoms with Crippen molar-refractivity contribution in [3.05, 3.63) is 45.7 Å². The van der Waals surface area contributed by atoms with Gasteiger partial charge in [-0.25, -0.2) is 5.10 Å². The summed E-state index contributed by atoms with van der Waals surface area (Å²) in [6.07, 6.45) is 0. The molecule has 0 aliphatic carbocycles. The maximum Gasteiger partial charge on any atom is 0.264 e. The fourth-order valence-corrected chi connectivity index (χ4v) is 1.38. The summed E-state index contributed by atoms with van der Waals surface area (Å²) in [7, 11) is 0. The van der Waals surface area contributed by atoms with Crippen molar-refractivity contribution in [3.63, 3.8) is 0 Å². The van der Waals surface area contributed by atoms with Crippen molar-refractivity contribution in [2.75, 3.05) is 0 Å². The lowest BCUT2D eigenvalue weighted by Gasteiger charge is -2.02. The molecule has 1 aromatic carbocycles. The average molecular weight is 223 g/mol. The molecule has 1 heterocycles. The lowest BCUT2D eigenvalue weighted by atomic mass is 10.1. The molecule has 0 fully saturated rings. The summed E-state index contributed by atoms with van der Waals surface area (Å²) in [5.41, 5.74) is 0.728. The molecular weight excluding hydrogens is 216 g/mol. The molecule has 0 unspecified atom stereocenters. The van der Waals surface area contributed by atoms with Crippen molar-refractivity contribution in [2.24, 2.45) is 0 Å². The van der Waals surface area contributed by atoms with Gasteiger partial charge in [0.1, 0.15) is 5.75 Å². The Kier molecular flexibility index (Phi) is 2.43. The van der Waals surface area contributed by atoms with Gasteiger partial charge in [-0.05, 0) is 24.3 Å². The highest BCUT2D eigenvalue weighted by atomic mass is 35.5. The molecule has 15 heavy (non-hydrogen) atoms. The number of phenols is 1. The third-order valence-electron chi connectivity index (χ3n) is 1.91. The second kappa shape index (κ2) is 3.74. The number of nitrogens with one attached hydrogen (secondary N) is 1. The monoisotopic (exact) mass is 222 g/mol. The second-order valence-electron chi connectivity index (χ2n) is 2.97. The van der Waals surface area contributed by atoms with Crippen LogP contribution in [0.5, 0.6) is 5.75 Å². The summed E-state index contributed by atoms with van der Waals surface area (Å²) in [5.74, 6) is 0.0297. The SMILES string of the molecule is O=c1ccc(-c2ccc(Cl)cc2O)n[nH]1. The van der Waals surface area contributed by atoms with E-state index in [1.807, 2.05) is 0 Å². The molecule has 0 saturated carbocycles. The molecule has 2 rings (SSSR count). The van der Waals surface area contributed by atoms with Crippen molar-refractivity contribution < 1.29 is 5.11 Å². The molecule has 0 atom stereocenters. The first-order valence-corrected chi connectivity index (χ1v) is 4.59. The van der Waals surface area contributed by atoms with E-state index in [4.69, 9.17) is 11.6 Å². The third kappa shape index (κ3) is 1.99. The Hall–Kier alpha value is -1.81. The zero-order chi connectivity index (χ0) is 10.8. The predicted molar refractivity (Wildman–Crippen MR) is 57.0 cm³/mol. The van der Waals surface area contributed by atoms with Crippen molar-refractivity contribution in [2.45, 2.75) is 0 Å². The van der Waals surface area contributed by atoms with Crippen LogP contribution in [0.2, 0.25) is 5.02 Å². The van der Waals surface area contributed by atoms with Gasteiger partial charge in [0.25, 0.3) is 5.56 Å². The van der Waals surface area contributed by atoms with E-state index in [0.29, 0.717) is 16.3 Å². The smallest absolute Gasteiger partial charge is 0.264 e. The number of hydrogen-bond donors (Lipinski definition) is 2. The highest BCUT2D eigenvalue weighted by molar-refractivity contribution is 6.30. The van der Waals surface area contributed by atoms with Crippen molar-refractivity contribution in [1.29, 1.82) is 0 Å². The first kappa shape index (κ1) is 9.73. The summed E-state index contributed by atoms with van der Waals surface area (Å²) in [5, 5.41) is 16.1. The maximum atomic E-state index is 10.8. The quantitative estimate of drug-likeness (QED) is 0.773. The van der Waals surface area contributed by atoms with E-state index in [1.54, 1.807) is 12.1 Å². The van der Waals surface area contributed by atoms with Crippen molar-refractivity contribution in [3.8, 4) is 17.0 Å². The number of H-pyrrole nitrogens is 1. The van der Waals surface area contributed by atoms with Gasteiger partial charge in [0.15, 0.2) is 0 Å². The average Bonchev–Trinajstić information content (AvgIpc) is 2.20. The van der Waals surface area contributed by atoms with E-state index in [0.717, 1.165) is 0 Å². The molecule has 76 valence electrons. The van der Waals surface area contributed by atoms with Gasteiger partial charge < -0.3 is 5.11 Å². The Morgan fingerprint density at radius 1 is 1.27 bits per heavy atom. The van der Waals surface area contributed by atoms with Crippen LogP contribution < -0.4 is 5.56 Å². The number of aromatic nitrogens is 2. The van der Waals surface area contributed by atoms with E-state index < -0.39 is 0 Å². The summed E-state index contributed by atoms with van der Waals surface area (Å²) >= 11 is 5.69. The molecule has 4 nitrogen and oxygen atoms in total. The molecule has 0 radical (unpaired) electrons. The van der Waals surface area contributed by atoms with Gasteiger partial charge in [-0.3, -0.25) is 4.79 Å². The van der Waals surface area contributed by atoms with E-state index >= 15 is 0 Å². The summed E-state index contributed by atoms with van der Waals surface area (Å²) in [6.45, 7) is 0. The van der Waals surface area contributed by atoms with Crippen LogP contribution in [0, 0.1) is 0 Å². The zero-order valence-corrected chi connectivity index (χ0v) is 8.32. The molecule has 0 bridgehead atoms. The number of halogens is 1. The van der Waals surface area contributed by atoms with Crippen LogP contribution in [0.25, 0.3) is 11.3 Å². The summed E-state index contributed by atoms with van der Waals surface area (Å²) in [4.78, 5) is 10.8. The molecule has 0 aliphatic heterocycles. The number of benzene rings is 1. The Labute approximate surface area is 90.2 Å². The minimum atomic E-state index is -0.285. The van der Waals surface area contributed by atoms with E-state index in [2.05, 4.69) is 10.2 Å². The van der Waals surface area contributed by atoms with Crippen LogP contribution in [0.4, 0.5) is 0 Å². The minimum absolute atomic E-state index is 0.0297. The second-order valence-corrected chi connectivity index (χ2v) is 3.40. The Morgan fingerprint density at radius 3 is 2.67 bits per heavy atom. The Morgan fingerprint density at radius 2 is 2.07 bits per heavy atom. The number of rotatable bonds is 1. The highest BCUT2D eigenvalue weighted by Crippen LogP contribution is 2.29. The standard InChI is InChI=1S/C10H7ClN2O2/c11-6-1-2-7(9(14)5-6)8-3-4-10(15)13-12-8/h1-5,14H,(H,13,15). The number of aromatic amines is 1. The zero-order valence-electron chi connectivity index (χ0n) is 7.57. The van der Waals surface area contributed by atoms with Crippen molar-refractivity contribution in [1.82, 2.24) is 10.2 Å². The van der Waals surface area contributed by atoms with Gasteiger partial charge in [-0.2, -0.15) is 5.10 Å². The van der Waals surface area contributed by atoms with Crippen molar-refractivity contribution >= 4 is 11.6 Å². The van der Waals surface area contributed by atoms with Crippen LogP contribution >= 0.6 is 11.6 Å². The molecule has 0 amide bonds. The molecule has 5 heteroatoms. The molecule has 0 spiro atoms. The number of aromatic hydroxyl groups is 1. The Bertz CT molecular complexity index is 531. The van der Waals surface area contributed by atoms with Gasteiger partial charge in [-0.15, -0.1) is 0 Å². The molecule has 2 N–H and O–H groups in total. The maximum absolute atomic E-state index is 10.8. The molecule has 0 aliphatic rings. The molecule has 2 aromatic rings. The first-order valence-electron chi connectivity index (χ1n) is 4.21. The normalized spacial score (nSPS) is 10.2. The molecule has 0 saturated heterocycles. The lowest BCUT2D eigenvalue weighted by Crippen LogP contribution is -2.05. The molecular formula is C10H7ClN2O2. The number of hydrogen-bond acceptors (Lipinski definition) is 3. The van der Waals surface area contributed by atoms with Crippen LogP contribution in [0.1, 0.15) is 0 Å². The topological polar surface area (TPSA) is 66.0 Å². The lowest BCUT2D eigenvalue weighted by molar-refractivity contribution is 0.477. The predicted octanol–water partition coefficient (Wildman–Crippen LogP) is 1.80. The fraction of sp³-hybridized carbons (Fsp3) is 0. The number of phenolic OH excluding ortho intramolecular Hbond substituents is 1. The third-order valence-corrected chi connectivity index (χ3v) is 2.15. The van der Waals surface area contributed by atoms with Gasteiger partial charge >= 0.3 is 0 Å². The number of nitrogens with zero attached hydrogens (tertiary/aromatic N) is 1. The largest absolute Gasteiger partial charge is 0.507 e. The molecule has 1 aromatic heterocycles. The van der Waals surface area contributed by atoms with Gasteiger partial charge in [-0.1, -0.05) is 11.6 Å². The van der Waals surface area contributed by atoms with Gasteiger partial charge in [0, 0.05) is 16.7 Å². The Balaban J connectivity index is 2.54. The van der Waals surface area contributed by atoms with Gasteiger partial charge in [0.2, 0.25) is 0 Å². The van der Waals surface area contributed by atoms with Crippen LogP contribution in [-0.2, 0) is 0 Å². The summed E-state index contributed by atoms with van der Waals surface area (Å²) < 4.78 is 0. The summed E-state index contributed by atoms with van der Waals surface area (Å²) in [6, 6.07) is 7.57. The minimum Gasteiger partial charge on any atom is -0.507 e. The van der Waals surface area contributed by atoms with E-state index in [9.17, 15) is 9.90 Å². The van der Waals surface area contributed by atoms with Gasteiger partial charge in [0.05, 0.1) is 5.69 Å². The van der Waals surface area contributed by atoms with Crippen LogP contribution in [0.15, 0.2) is 35.1 Å². The van der Waals surface area contributed by atoms with Crippen LogP contribution in [0.3, 0.4) is 0 Å². The van der Waals surface area contributed by atoms with Crippen LogP contribution in [-0.4, -0.2) is 15.3 Å². The fourth-order valence-electron chi connectivity index (χ4n) is 1.22. The first-order chi connectivity index (χ1) is 7.16. The highest BCUT2D eigenvalue weighted by Gasteiger charge is 2.05. The van der Waals surface area contributed by atoms with E-state index in [1.165, 1.54) is 18.2 Å². The van der Waals surface area contributed by atoms with E-state index in [-0.39, 0.29) is 11.3 Å².